The summed E-state index contributed by atoms with van der Waals surface area (Å²) in [5.74, 6) is -1.71. The van der Waals surface area contributed by atoms with Gasteiger partial charge in [-0.25, -0.2) is 4.79 Å². The number of carbonyl (C=O) groups excluding carboxylic acids is 2. The third-order valence-corrected chi connectivity index (χ3v) is 5.99. The van der Waals surface area contributed by atoms with Crippen molar-refractivity contribution in [3.8, 4) is 11.3 Å². The van der Waals surface area contributed by atoms with E-state index in [0.29, 0.717) is 17.0 Å². The molecule has 33 heavy (non-hydrogen) atoms. The Morgan fingerprint density at radius 1 is 1.18 bits per heavy atom. The molecule has 1 aliphatic heterocycles. The van der Waals surface area contributed by atoms with E-state index in [2.05, 4.69) is 21.2 Å². The molecule has 2 aromatic carbocycles. The number of benzene rings is 2. The van der Waals surface area contributed by atoms with Crippen molar-refractivity contribution in [2.45, 2.75) is 6.92 Å². The van der Waals surface area contributed by atoms with Gasteiger partial charge in [0.2, 0.25) is 0 Å². The van der Waals surface area contributed by atoms with Crippen molar-refractivity contribution in [2.24, 2.45) is 0 Å². The number of thiocarbonyl (C=S) groups is 1. The van der Waals surface area contributed by atoms with Gasteiger partial charge in [0.1, 0.15) is 17.1 Å². The normalized spacial score (nSPS) is 15.2. The number of aromatic carboxylic acids is 1. The maximum absolute atomic E-state index is 13.2. The van der Waals surface area contributed by atoms with Gasteiger partial charge in [-0.1, -0.05) is 33.6 Å². The fourth-order valence-corrected chi connectivity index (χ4v) is 4.33. The zero-order chi connectivity index (χ0) is 23.9. The van der Waals surface area contributed by atoms with E-state index in [1.165, 1.54) is 23.1 Å². The highest BCUT2D eigenvalue weighted by molar-refractivity contribution is 9.10. The molecule has 1 aliphatic rings. The Morgan fingerprint density at radius 2 is 1.94 bits per heavy atom. The van der Waals surface area contributed by atoms with E-state index in [1.807, 2.05) is 13.0 Å². The minimum Gasteiger partial charge on any atom is -0.478 e. The molecule has 2 N–H and O–H groups in total. The van der Waals surface area contributed by atoms with Gasteiger partial charge in [-0.3, -0.25) is 19.8 Å². The van der Waals surface area contributed by atoms with Crippen LogP contribution in [0.15, 0.2) is 63.0 Å². The molecule has 4 rings (SSSR count). The Hall–Kier alpha value is -3.27. The minimum atomic E-state index is -1.14. The zero-order valence-electron chi connectivity index (χ0n) is 16.9. The molecular weight excluding hydrogens is 532 g/mol. The smallest absolute Gasteiger partial charge is 0.337 e. The summed E-state index contributed by atoms with van der Waals surface area (Å²) in [6.07, 6.45) is 1.33. The van der Waals surface area contributed by atoms with Crippen molar-refractivity contribution in [2.75, 3.05) is 4.90 Å². The fraction of sp³-hybridized carbons (Fsp3) is 0.0435. The molecule has 10 heteroatoms. The first kappa shape index (κ1) is 22.9. The van der Waals surface area contributed by atoms with Gasteiger partial charge in [0.05, 0.1) is 16.3 Å². The van der Waals surface area contributed by atoms with Gasteiger partial charge in [0, 0.05) is 10.0 Å². The number of carboxylic acid groups (broad SMARTS) is 1. The number of furan rings is 1. The largest absolute Gasteiger partial charge is 0.478 e. The second-order valence-corrected chi connectivity index (χ2v) is 8.80. The van der Waals surface area contributed by atoms with Crippen LogP contribution in [0.3, 0.4) is 0 Å². The summed E-state index contributed by atoms with van der Waals surface area (Å²) in [6, 6.07) is 13.0. The van der Waals surface area contributed by atoms with Gasteiger partial charge in [0.25, 0.3) is 11.8 Å². The van der Waals surface area contributed by atoms with Crippen LogP contribution in [0.4, 0.5) is 5.69 Å². The Kier molecular flexibility index (Phi) is 6.20. The lowest BCUT2D eigenvalue weighted by atomic mass is 10.1. The van der Waals surface area contributed by atoms with E-state index in [-0.39, 0.29) is 27.0 Å². The summed E-state index contributed by atoms with van der Waals surface area (Å²) in [5, 5.41) is 11.7. The molecule has 0 radical (unpaired) electrons. The molecule has 0 bridgehead atoms. The van der Waals surface area contributed by atoms with Crippen molar-refractivity contribution in [1.82, 2.24) is 5.32 Å². The van der Waals surface area contributed by atoms with E-state index in [1.54, 1.807) is 30.3 Å². The number of amides is 2. The van der Waals surface area contributed by atoms with E-state index < -0.39 is 17.8 Å². The number of anilines is 1. The molecule has 0 aliphatic carbocycles. The first-order chi connectivity index (χ1) is 15.7. The molecule has 1 aromatic heterocycles. The van der Waals surface area contributed by atoms with Crippen molar-refractivity contribution < 1.29 is 23.9 Å². The zero-order valence-corrected chi connectivity index (χ0v) is 20.0. The fourth-order valence-electron chi connectivity index (χ4n) is 3.32. The van der Waals surface area contributed by atoms with Crippen LogP contribution < -0.4 is 10.2 Å². The second-order valence-electron chi connectivity index (χ2n) is 7.09. The van der Waals surface area contributed by atoms with Crippen LogP contribution in [0, 0.1) is 6.92 Å². The van der Waals surface area contributed by atoms with Crippen molar-refractivity contribution >= 4 is 74.4 Å². The highest BCUT2D eigenvalue weighted by Crippen LogP contribution is 2.30. The predicted molar refractivity (Wildman–Crippen MR) is 131 cm³/mol. The van der Waals surface area contributed by atoms with Gasteiger partial charge in [-0.2, -0.15) is 0 Å². The van der Waals surface area contributed by atoms with E-state index in [0.717, 1.165) is 10.0 Å². The lowest BCUT2D eigenvalue weighted by Crippen LogP contribution is -2.54. The van der Waals surface area contributed by atoms with Gasteiger partial charge >= 0.3 is 5.97 Å². The minimum absolute atomic E-state index is 0.0131. The van der Waals surface area contributed by atoms with Gasteiger partial charge in [-0.05, 0) is 73.2 Å². The molecule has 0 spiro atoms. The second kappa shape index (κ2) is 8.93. The third-order valence-electron chi connectivity index (χ3n) is 4.90. The Labute approximate surface area is 206 Å². The number of nitrogens with one attached hydrogen (secondary N) is 1. The van der Waals surface area contributed by atoms with E-state index >= 15 is 0 Å². The van der Waals surface area contributed by atoms with E-state index in [9.17, 15) is 14.4 Å². The molecule has 2 heterocycles. The van der Waals surface area contributed by atoms with Crippen LogP contribution in [0.1, 0.15) is 21.7 Å². The number of hydrogen-bond donors (Lipinski definition) is 2. The SMILES string of the molecule is Cc1cc(Br)ccc1N1C(=O)/C(=C\c2ccc(-c3ccc(C(=O)O)c(Cl)c3)o2)C(=O)NC1=S. The van der Waals surface area contributed by atoms with Gasteiger partial charge in [0.15, 0.2) is 5.11 Å². The quantitative estimate of drug-likeness (QED) is 0.266. The summed E-state index contributed by atoms with van der Waals surface area (Å²) in [4.78, 5) is 38.1. The number of nitrogens with zero attached hydrogens (tertiary/aromatic N) is 1. The Bertz CT molecular complexity index is 1380. The summed E-state index contributed by atoms with van der Waals surface area (Å²) >= 11 is 14.7. The van der Waals surface area contributed by atoms with Gasteiger partial charge < -0.3 is 9.52 Å². The van der Waals surface area contributed by atoms with Crippen LogP contribution in [0.5, 0.6) is 0 Å². The summed E-state index contributed by atoms with van der Waals surface area (Å²) in [7, 11) is 0. The number of halogens is 2. The molecular formula is C23H14BrClN2O5S. The molecule has 166 valence electrons. The lowest BCUT2D eigenvalue weighted by molar-refractivity contribution is -0.122. The molecule has 0 atom stereocenters. The van der Waals surface area contributed by atoms with Crippen LogP contribution >= 0.6 is 39.7 Å². The monoisotopic (exact) mass is 544 g/mol. The molecule has 7 nitrogen and oxygen atoms in total. The van der Waals surface area contributed by atoms with Crippen LogP contribution in [-0.4, -0.2) is 28.0 Å². The number of carboxylic acids is 1. The number of carbonyl (C=O) groups is 3. The Balaban J connectivity index is 1.67. The maximum Gasteiger partial charge on any atom is 0.337 e. The van der Waals surface area contributed by atoms with Crippen LogP contribution in [-0.2, 0) is 9.59 Å². The average Bonchev–Trinajstić information content (AvgIpc) is 3.21. The van der Waals surface area contributed by atoms with Crippen LogP contribution in [0.2, 0.25) is 5.02 Å². The predicted octanol–water partition coefficient (Wildman–Crippen LogP) is 5.20. The summed E-state index contributed by atoms with van der Waals surface area (Å²) in [6.45, 7) is 1.83. The number of hydrogen-bond acceptors (Lipinski definition) is 5. The first-order valence-corrected chi connectivity index (χ1v) is 11.0. The molecule has 0 unspecified atom stereocenters. The maximum atomic E-state index is 13.2. The molecule has 0 saturated carbocycles. The topological polar surface area (TPSA) is 99.8 Å². The van der Waals surface area contributed by atoms with Crippen molar-refractivity contribution in [3.63, 3.8) is 0 Å². The first-order valence-electron chi connectivity index (χ1n) is 9.46. The van der Waals surface area contributed by atoms with Crippen molar-refractivity contribution in [3.05, 3.63) is 80.5 Å². The third kappa shape index (κ3) is 4.47. The summed E-state index contributed by atoms with van der Waals surface area (Å²) in [5.41, 5.74) is 1.71. The molecule has 2 amide bonds. The number of aryl methyl sites for hydroxylation is 1. The molecule has 3 aromatic rings. The molecule has 1 saturated heterocycles. The Morgan fingerprint density at radius 3 is 2.61 bits per heavy atom. The van der Waals surface area contributed by atoms with Crippen molar-refractivity contribution in [1.29, 1.82) is 0 Å². The molecule has 1 fully saturated rings. The standard InChI is InChI=1S/C23H14BrClN2O5S/c1-11-8-13(24)3-6-18(11)27-21(29)16(20(28)26-23(27)33)10-14-4-7-19(32-14)12-2-5-15(22(30)31)17(25)9-12/h2-10H,1H3,(H,30,31)(H,26,28,33)/b16-10-. The van der Waals surface area contributed by atoms with E-state index in [4.69, 9.17) is 33.3 Å². The average molecular weight is 546 g/mol. The summed E-state index contributed by atoms with van der Waals surface area (Å²) < 4.78 is 6.61. The van der Waals surface area contributed by atoms with Crippen LogP contribution in [0.25, 0.3) is 17.4 Å². The number of rotatable bonds is 4. The lowest BCUT2D eigenvalue weighted by Gasteiger charge is -2.29. The highest BCUT2D eigenvalue weighted by Gasteiger charge is 2.35. The highest BCUT2D eigenvalue weighted by atomic mass is 79.9. The van der Waals surface area contributed by atoms with Gasteiger partial charge in [-0.15, -0.1) is 0 Å².